The molecule has 0 radical (unpaired) electrons. The van der Waals surface area contributed by atoms with Crippen molar-refractivity contribution in [2.45, 2.75) is 13.0 Å². The third-order valence-corrected chi connectivity index (χ3v) is 4.41. The van der Waals surface area contributed by atoms with E-state index in [1.54, 1.807) is 30.3 Å². The van der Waals surface area contributed by atoms with Crippen LogP contribution in [0.5, 0.6) is 5.75 Å². The van der Waals surface area contributed by atoms with Crippen LogP contribution in [0.1, 0.15) is 12.0 Å². The second-order valence-electron chi connectivity index (χ2n) is 5.71. The molecule has 2 aromatic rings. The van der Waals surface area contributed by atoms with E-state index >= 15 is 0 Å². The zero-order valence-electron chi connectivity index (χ0n) is 13.1. The maximum atomic E-state index is 13.7. The minimum atomic E-state index is -1.22. The number of rotatable bonds is 5. The Morgan fingerprint density at radius 2 is 2.00 bits per heavy atom. The number of hydrogen-bond acceptors (Lipinski definition) is 4. The number of carboxylic acids is 1. The molecule has 0 saturated carbocycles. The highest BCUT2D eigenvalue weighted by Crippen LogP contribution is 2.27. The third-order valence-electron chi connectivity index (χ3n) is 4.05. The van der Waals surface area contributed by atoms with Gasteiger partial charge in [-0.25, -0.2) is 4.39 Å². The Kier molecular flexibility index (Phi) is 4.90. The van der Waals surface area contributed by atoms with Crippen LogP contribution >= 0.6 is 11.6 Å². The molecule has 1 amide bonds. The predicted molar refractivity (Wildman–Crippen MR) is 87.7 cm³/mol. The summed E-state index contributed by atoms with van der Waals surface area (Å²) in [7, 11) is 0. The summed E-state index contributed by atoms with van der Waals surface area (Å²) in [5.41, 5.74) is 0.838. The molecular weight excluding hydrogens is 349 g/mol. The van der Waals surface area contributed by atoms with Crippen molar-refractivity contribution in [1.29, 1.82) is 0 Å². The first-order valence-corrected chi connectivity index (χ1v) is 8.00. The summed E-state index contributed by atoms with van der Waals surface area (Å²) in [6, 6.07) is 11.0. The summed E-state index contributed by atoms with van der Waals surface area (Å²) in [6.07, 6.45) is -0.0631. The van der Waals surface area contributed by atoms with Crippen molar-refractivity contribution in [2.75, 3.05) is 11.4 Å². The van der Waals surface area contributed by atoms with Crippen molar-refractivity contribution in [3.05, 3.63) is 58.9 Å². The molecule has 1 atom stereocenters. The van der Waals surface area contributed by atoms with Gasteiger partial charge in [0.05, 0.1) is 5.02 Å². The molecule has 25 heavy (non-hydrogen) atoms. The molecule has 0 N–H and O–H groups in total. The van der Waals surface area contributed by atoms with Gasteiger partial charge in [0.15, 0.2) is 0 Å². The maximum Gasteiger partial charge on any atom is 0.227 e. The standard InChI is InChI=1S/C18H15ClFNO4/c19-15-2-1-3-16(20)14(15)10-25-13-6-4-12(5-7-13)21-9-11(18(23)24)8-17(21)22/h1-7,11H,8-10H2,(H,23,24)/p-1/t11-/m1/s1. The van der Waals surface area contributed by atoms with Gasteiger partial charge in [0.2, 0.25) is 5.91 Å². The number of anilines is 1. The van der Waals surface area contributed by atoms with Gasteiger partial charge in [-0.1, -0.05) is 17.7 Å². The Morgan fingerprint density at radius 1 is 1.28 bits per heavy atom. The van der Waals surface area contributed by atoms with E-state index in [9.17, 15) is 19.1 Å². The number of carbonyl (C=O) groups excluding carboxylic acids is 2. The molecule has 1 aliphatic rings. The first-order chi connectivity index (χ1) is 12.0. The fourth-order valence-corrected chi connectivity index (χ4v) is 2.88. The lowest BCUT2D eigenvalue weighted by Gasteiger charge is -2.17. The molecule has 0 aromatic heterocycles. The molecule has 0 unspecified atom stereocenters. The van der Waals surface area contributed by atoms with Crippen molar-refractivity contribution >= 4 is 29.2 Å². The summed E-state index contributed by atoms with van der Waals surface area (Å²) in [4.78, 5) is 24.2. The highest BCUT2D eigenvalue weighted by atomic mass is 35.5. The van der Waals surface area contributed by atoms with Crippen LogP contribution in [0.15, 0.2) is 42.5 Å². The normalized spacial score (nSPS) is 17.0. The molecule has 1 heterocycles. The van der Waals surface area contributed by atoms with Gasteiger partial charge in [-0.15, -0.1) is 0 Å². The van der Waals surface area contributed by atoms with E-state index in [4.69, 9.17) is 16.3 Å². The number of benzene rings is 2. The zero-order chi connectivity index (χ0) is 18.0. The van der Waals surface area contributed by atoms with Gasteiger partial charge < -0.3 is 19.5 Å². The highest BCUT2D eigenvalue weighted by Gasteiger charge is 2.31. The van der Waals surface area contributed by atoms with Crippen LogP contribution in [-0.2, 0) is 16.2 Å². The van der Waals surface area contributed by atoms with Crippen LogP contribution in [0.3, 0.4) is 0 Å². The van der Waals surface area contributed by atoms with Crippen molar-refractivity contribution in [3.63, 3.8) is 0 Å². The van der Waals surface area contributed by atoms with Gasteiger partial charge in [-0.2, -0.15) is 0 Å². The van der Waals surface area contributed by atoms with Crippen LogP contribution in [0, 0.1) is 11.7 Å². The lowest BCUT2D eigenvalue weighted by atomic mass is 10.1. The number of ether oxygens (including phenoxy) is 1. The Morgan fingerprint density at radius 3 is 2.60 bits per heavy atom. The van der Waals surface area contributed by atoms with Crippen LogP contribution in [0.25, 0.3) is 0 Å². The molecular formula is C18H14ClFNO4-. The Balaban J connectivity index is 1.67. The average Bonchev–Trinajstić information content (AvgIpc) is 2.97. The molecule has 1 aliphatic heterocycles. The zero-order valence-corrected chi connectivity index (χ0v) is 13.8. The Labute approximate surface area is 148 Å². The monoisotopic (exact) mass is 362 g/mol. The van der Waals surface area contributed by atoms with Gasteiger partial charge in [0.1, 0.15) is 18.2 Å². The Hall–Kier alpha value is -2.60. The number of aliphatic carboxylic acids is 1. The van der Waals surface area contributed by atoms with E-state index in [0.717, 1.165) is 0 Å². The minimum absolute atomic E-state index is 0.0275. The quantitative estimate of drug-likeness (QED) is 0.817. The molecule has 1 fully saturated rings. The third kappa shape index (κ3) is 3.74. The van der Waals surface area contributed by atoms with Crippen molar-refractivity contribution in [2.24, 2.45) is 5.92 Å². The van der Waals surface area contributed by atoms with E-state index in [1.165, 1.54) is 17.0 Å². The van der Waals surface area contributed by atoms with Crippen LogP contribution < -0.4 is 14.7 Å². The van der Waals surface area contributed by atoms with E-state index in [-0.39, 0.29) is 36.1 Å². The van der Waals surface area contributed by atoms with Gasteiger partial charge in [0.25, 0.3) is 0 Å². The largest absolute Gasteiger partial charge is 0.550 e. The molecule has 7 heteroatoms. The molecule has 0 bridgehead atoms. The molecule has 0 spiro atoms. The summed E-state index contributed by atoms with van der Waals surface area (Å²) >= 11 is 5.95. The number of nitrogens with zero attached hydrogens (tertiary/aromatic N) is 1. The van der Waals surface area contributed by atoms with Crippen LogP contribution in [-0.4, -0.2) is 18.4 Å². The maximum absolute atomic E-state index is 13.7. The Bertz CT molecular complexity index is 789. The minimum Gasteiger partial charge on any atom is -0.550 e. The average molecular weight is 363 g/mol. The number of carbonyl (C=O) groups is 2. The van der Waals surface area contributed by atoms with E-state index in [2.05, 4.69) is 0 Å². The summed E-state index contributed by atoms with van der Waals surface area (Å²) < 4.78 is 19.2. The van der Waals surface area contributed by atoms with Crippen LogP contribution in [0.2, 0.25) is 5.02 Å². The topological polar surface area (TPSA) is 69.7 Å². The molecule has 130 valence electrons. The first-order valence-electron chi connectivity index (χ1n) is 7.62. The number of hydrogen-bond donors (Lipinski definition) is 0. The van der Waals surface area contributed by atoms with Crippen molar-refractivity contribution in [3.8, 4) is 5.75 Å². The number of carboxylic acid groups (broad SMARTS) is 1. The summed E-state index contributed by atoms with van der Waals surface area (Å²) in [6.45, 7) is 0.0620. The van der Waals surface area contributed by atoms with E-state index < -0.39 is 17.7 Å². The van der Waals surface area contributed by atoms with Crippen LogP contribution in [0.4, 0.5) is 10.1 Å². The molecule has 0 aliphatic carbocycles. The second-order valence-corrected chi connectivity index (χ2v) is 6.11. The SMILES string of the molecule is O=C([O-])[C@@H]1CC(=O)N(c2ccc(OCc3c(F)cccc3Cl)cc2)C1. The summed E-state index contributed by atoms with van der Waals surface area (Å²) in [5, 5.41) is 11.2. The predicted octanol–water partition coefficient (Wildman–Crippen LogP) is 2.16. The van der Waals surface area contributed by atoms with Gasteiger partial charge in [-0.3, -0.25) is 4.79 Å². The lowest BCUT2D eigenvalue weighted by Crippen LogP contribution is -2.33. The lowest BCUT2D eigenvalue weighted by molar-refractivity contribution is -0.310. The van der Waals surface area contributed by atoms with Crippen molar-refractivity contribution in [1.82, 2.24) is 0 Å². The molecule has 2 aromatic carbocycles. The van der Waals surface area contributed by atoms with Gasteiger partial charge in [0, 0.05) is 36.1 Å². The summed E-state index contributed by atoms with van der Waals surface area (Å²) in [5.74, 6) is -2.25. The molecule has 5 nitrogen and oxygen atoms in total. The molecule has 3 rings (SSSR count). The van der Waals surface area contributed by atoms with Crippen molar-refractivity contribution < 1.29 is 23.8 Å². The molecule has 1 saturated heterocycles. The van der Waals surface area contributed by atoms with E-state index in [1.807, 2.05) is 0 Å². The van der Waals surface area contributed by atoms with Gasteiger partial charge in [-0.05, 0) is 36.4 Å². The fraction of sp³-hybridized carbons (Fsp3) is 0.222. The number of amides is 1. The first kappa shape index (κ1) is 17.2. The van der Waals surface area contributed by atoms with E-state index in [0.29, 0.717) is 11.4 Å². The van der Waals surface area contributed by atoms with Gasteiger partial charge >= 0.3 is 0 Å². The smallest absolute Gasteiger partial charge is 0.227 e. The number of halogens is 2. The highest BCUT2D eigenvalue weighted by molar-refractivity contribution is 6.31. The second kappa shape index (κ2) is 7.11. The fourth-order valence-electron chi connectivity index (χ4n) is 2.66.